The van der Waals surface area contributed by atoms with Crippen molar-refractivity contribution in [2.75, 3.05) is 18.6 Å². The zero-order valence-electron chi connectivity index (χ0n) is 15.3. The highest BCUT2D eigenvalue weighted by atomic mass is 32.1. The smallest absolute Gasteiger partial charge is 0.248 e. The number of fused-ring (bicyclic) bond motifs is 1. The normalized spacial score (nSPS) is 17.6. The number of nitrogens with zero attached hydrogens (tertiary/aromatic N) is 3. The van der Waals surface area contributed by atoms with Gasteiger partial charge in [0.1, 0.15) is 17.7 Å². The van der Waals surface area contributed by atoms with E-state index < -0.39 is 12.3 Å². The van der Waals surface area contributed by atoms with Crippen molar-refractivity contribution < 1.29 is 14.6 Å². The fraction of sp³-hybridized carbons (Fsp3) is 0.250. The number of aliphatic hydroxyl groups is 1. The van der Waals surface area contributed by atoms with Crippen LogP contribution in [0.4, 0.5) is 5.82 Å². The van der Waals surface area contributed by atoms with Crippen LogP contribution in [0.3, 0.4) is 0 Å². The van der Waals surface area contributed by atoms with E-state index in [4.69, 9.17) is 4.74 Å². The molecule has 4 rings (SSSR count). The molecular weight excluding hydrogens is 376 g/mol. The zero-order valence-corrected chi connectivity index (χ0v) is 16.1. The molecule has 1 aromatic carbocycles. The van der Waals surface area contributed by atoms with Crippen LogP contribution in [0.15, 0.2) is 54.9 Å². The molecule has 2 atom stereocenters. The number of hydrogen-bond donors (Lipinski definition) is 2. The van der Waals surface area contributed by atoms with Crippen LogP contribution in [0.5, 0.6) is 5.75 Å². The Morgan fingerprint density at radius 1 is 1.29 bits per heavy atom. The van der Waals surface area contributed by atoms with Gasteiger partial charge in [-0.2, -0.15) is 0 Å². The molecule has 144 valence electrons. The summed E-state index contributed by atoms with van der Waals surface area (Å²) in [6.07, 6.45) is 3.06. The summed E-state index contributed by atoms with van der Waals surface area (Å²) in [5, 5.41) is 14.0. The van der Waals surface area contributed by atoms with Gasteiger partial charge in [-0.3, -0.25) is 15.0 Å². The Labute approximate surface area is 166 Å². The second-order valence-corrected chi connectivity index (χ2v) is 7.63. The van der Waals surface area contributed by atoms with E-state index in [-0.39, 0.29) is 12.5 Å². The van der Waals surface area contributed by atoms with Crippen LogP contribution < -0.4 is 15.0 Å². The third-order valence-electron chi connectivity index (χ3n) is 4.49. The molecule has 7 nitrogen and oxygen atoms in total. The van der Waals surface area contributed by atoms with E-state index in [1.165, 1.54) is 21.8 Å². The summed E-state index contributed by atoms with van der Waals surface area (Å²) in [5.41, 5.74) is 1.18. The maximum Gasteiger partial charge on any atom is 0.248 e. The Kier molecular flexibility index (Phi) is 5.34. The van der Waals surface area contributed by atoms with Crippen molar-refractivity contribution in [3.8, 4) is 5.75 Å². The topological polar surface area (TPSA) is 87.6 Å². The molecule has 0 fully saturated rings. The van der Waals surface area contributed by atoms with Gasteiger partial charge in [0.25, 0.3) is 0 Å². The van der Waals surface area contributed by atoms with Crippen LogP contribution in [0, 0.1) is 0 Å². The number of benzene rings is 1. The number of rotatable bonds is 5. The first-order valence-electron chi connectivity index (χ1n) is 8.90. The number of carbonyl (C=O) groups is 1. The Morgan fingerprint density at radius 2 is 2.11 bits per heavy atom. The lowest BCUT2D eigenvalue weighted by Crippen LogP contribution is -2.48. The zero-order chi connectivity index (χ0) is 19.5. The molecule has 3 aromatic rings. The molecule has 0 aliphatic carbocycles. The average molecular weight is 396 g/mol. The van der Waals surface area contributed by atoms with Gasteiger partial charge >= 0.3 is 0 Å². The third kappa shape index (κ3) is 3.89. The molecule has 28 heavy (non-hydrogen) atoms. The van der Waals surface area contributed by atoms with Crippen molar-refractivity contribution in [1.82, 2.24) is 15.3 Å². The summed E-state index contributed by atoms with van der Waals surface area (Å²) in [6, 6.07) is 12.9. The van der Waals surface area contributed by atoms with Crippen molar-refractivity contribution in [3.63, 3.8) is 0 Å². The highest BCUT2D eigenvalue weighted by Crippen LogP contribution is 2.28. The molecule has 2 aromatic heterocycles. The largest absolute Gasteiger partial charge is 0.488 e. The van der Waals surface area contributed by atoms with Gasteiger partial charge in [-0.25, -0.2) is 9.97 Å². The Balaban J connectivity index is 1.44. The minimum Gasteiger partial charge on any atom is -0.488 e. The Bertz CT molecular complexity index is 963. The van der Waals surface area contributed by atoms with E-state index in [1.54, 1.807) is 31.6 Å². The van der Waals surface area contributed by atoms with Crippen molar-refractivity contribution in [2.24, 2.45) is 0 Å². The SMILES string of the molecule is CN1C(=O)[C@@H](NC(O)c2ncc(Cc3ccccc3)s2)COc2cccnc21. The molecule has 0 radical (unpaired) electrons. The summed E-state index contributed by atoms with van der Waals surface area (Å²) in [7, 11) is 1.64. The van der Waals surface area contributed by atoms with E-state index in [2.05, 4.69) is 27.4 Å². The number of hydrogen-bond acceptors (Lipinski definition) is 7. The number of carbonyl (C=O) groups excluding carboxylic acids is 1. The molecule has 2 N–H and O–H groups in total. The number of aliphatic hydroxyl groups excluding tert-OH is 1. The number of thiazole rings is 1. The van der Waals surface area contributed by atoms with E-state index in [9.17, 15) is 9.90 Å². The van der Waals surface area contributed by atoms with Crippen LogP contribution in [0.25, 0.3) is 0 Å². The number of ether oxygens (including phenoxy) is 1. The fourth-order valence-electron chi connectivity index (χ4n) is 3.04. The second-order valence-electron chi connectivity index (χ2n) is 6.48. The number of anilines is 1. The van der Waals surface area contributed by atoms with Gasteiger partial charge in [0, 0.05) is 30.7 Å². The first-order chi connectivity index (χ1) is 13.6. The molecule has 1 unspecified atom stereocenters. The maximum atomic E-state index is 12.7. The van der Waals surface area contributed by atoms with Crippen molar-refractivity contribution in [3.05, 3.63) is 70.3 Å². The monoisotopic (exact) mass is 396 g/mol. The number of pyridine rings is 1. The molecule has 1 aliphatic rings. The van der Waals surface area contributed by atoms with Gasteiger partial charge in [-0.15, -0.1) is 11.3 Å². The lowest BCUT2D eigenvalue weighted by molar-refractivity contribution is -0.121. The van der Waals surface area contributed by atoms with Crippen LogP contribution in [-0.2, 0) is 11.2 Å². The molecule has 0 bridgehead atoms. The molecule has 8 heteroatoms. The minimum absolute atomic E-state index is 0.0984. The number of likely N-dealkylation sites (N-methyl/N-ethyl adjacent to an activating group) is 1. The third-order valence-corrected chi connectivity index (χ3v) is 5.54. The predicted octanol–water partition coefficient (Wildman–Crippen LogP) is 2.13. The lowest BCUT2D eigenvalue weighted by Gasteiger charge is -2.21. The summed E-state index contributed by atoms with van der Waals surface area (Å²) in [4.78, 5) is 23.7. The van der Waals surface area contributed by atoms with Gasteiger partial charge in [0.2, 0.25) is 5.91 Å². The van der Waals surface area contributed by atoms with E-state index in [0.29, 0.717) is 16.6 Å². The molecule has 1 amide bonds. The standard InChI is InChI=1S/C20H20N4O3S/c1-24-17-16(8-5-9-21-17)27-12-15(20(24)26)23-18(25)19-22-11-14(28-19)10-13-6-3-2-4-7-13/h2-9,11,15,18,23,25H,10,12H2,1H3/t15-,18?/m0/s1. The lowest BCUT2D eigenvalue weighted by atomic mass is 10.1. The molecular formula is C20H20N4O3S. The van der Waals surface area contributed by atoms with Crippen molar-refractivity contribution in [2.45, 2.75) is 18.7 Å². The highest BCUT2D eigenvalue weighted by molar-refractivity contribution is 7.11. The van der Waals surface area contributed by atoms with E-state index in [1.807, 2.05) is 18.2 Å². The molecule has 0 spiro atoms. The minimum atomic E-state index is -1.06. The summed E-state index contributed by atoms with van der Waals surface area (Å²) in [6.45, 7) is 0.0984. The first-order valence-corrected chi connectivity index (χ1v) is 9.71. The molecule has 0 saturated carbocycles. The van der Waals surface area contributed by atoms with Crippen LogP contribution in [0.1, 0.15) is 21.7 Å². The van der Waals surface area contributed by atoms with Crippen LogP contribution >= 0.6 is 11.3 Å². The summed E-state index contributed by atoms with van der Waals surface area (Å²) < 4.78 is 5.71. The molecule has 0 saturated heterocycles. The Morgan fingerprint density at radius 3 is 2.93 bits per heavy atom. The quantitative estimate of drug-likeness (QED) is 0.643. The van der Waals surface area contributed by atoms with Gasteiger partial charge in [-0.05, 0) is 17.7 Å². The van der Waals surface area contributed by atoms with Crippen LogP contribution in [-0.4, -0.2) is 40.7 Å². The number of nitrogens with one attached hydrogen (secondary N) is 1. The summed E-state index contributed by atoms with van der Waals surface area (Å²) >= 11 is 1.42. The van der Waals surface area contributed by atoms with E-state index in [0.717, 1.165) is 11.3 Å². The summed E-state index contributed by atoms with van der Waals surface area (Å²) in [5.74, 6) is 0.778. The molecule has 3 heterocycles. The van der Waals surface area contributed by atoms with E-state index >= 15 is 0 Å². The van der Waals surface area contributed by atoms with Crippen molar-refractivity contribution >= 4 is 23.1 Å². The molecule has 1 aliphatic heterocycles. The van der Waals surface area contributed by atoms with Crippen molar-refractivity contribution in [1.29, 1.82) is 0 Å². The fourth-order valence-corrected chi connectivity index (χ4v) is 3.94. The number of aromatic nitrogens is 2. The van der Waals surface area contributed by atoms with Gasteiger partial charge in [0.05, 0.1) is 0 Å². The Hall–Kier alpha value is -2.81. The second kappa shape index (κ2) is 8.05. The van der Waals surface area contributed by atoms with Gasteiger partial charge in [0.15, 0.2) is 17.8 Å². The van der Waals surface area contributed by atoms with Gasteiger partial charge in [-0.1, -0.05) is 30.3 Å². The van der Waals surface area contributed by atoms with Crippen LogP contribution in [0.2, 0.25) is 0 Å². The first kappa shape index (κ1) is 18.5. The average Bonchev–Trinajstić information content (AvgIpc) is 3.15. The van der Waals surface area contributed by atoms with Gasteiger partial charge < -0.3 is 9.84 Å². The predicted molar refractivity (Wildman–Crippen MR) is 106 cm³/mol. The number of amides is 1. The maximum absolute atomic E-state index is 12.7. The highest BCUT2D eigenvalue weighted by Gasteiger charge is 2.32.